The molecule has 128 valence electrons. The number of aliphatic imine (C=N–C) groups is 1. The van der Waals surface area contributed by atoms with E-state index in [4.69, 9.17) is 17.3 Å². The third kappa shape index (κ3) is 6.76. The second kappa shape index (κ2) is 10.1. The first-order valence-electron chi connectivity index (χ1n) is 7.22. The Kier molecular flexibility index (Phi) is 8.56. The number of aryl methyl sites for hydroxylation is 1. The van der Waals surface area contributed by atoms with Crippen LogP contribution >= 0.6 is 35.6 Å². The summed E-state index contributed by atoms with van der Waals surface area (Å²) in [5.74, 6) is 0.150. The lowest BCUT2D eigenvalue weighted by Gasteiger charge is -2.07. The molecule has 0 bridgehead atoms. The zero-order chi connectivity index (χ0) is 16.7. The molecule has 0 fully saturated rings. The van der Waals surface area contributed by atoms with E-state index in [1.807, 2.05) is 31.2 Å². The van der Waals surface area contributed by atoms with Crippen molar-refractivity contribution in [2.75, 3.05) is 18.4 Å². The summed E-state index contributed by atoms with van der Waals surface area (Å²) in [5, 5.41) is 6.37. The highest BCUT2D eigenvalue weighted by atomic mass is 127. The highest BCUT2D eigenvalue weighted by Gasteiger charge is 2.03. The standard InChI is InChI=1S/C17H19ClN4O.HI/c1-12-2-8-15(9-3-12)22-17(19)21-11-10-20-16(23)13-4-6-14(18)7-5-13;/h2-9H,10-11H2,1H3,(H,20,23)(H3,19,21,22);1H. The highest BCUT2D eigenvalue weighted by molar-refractivity contribution is 14.0. The van der Waals surface area contributed by atoms with E-state index in [9.17, 15) is 4.79 Å². The minimum absolute atomic E-state index is 0. The van der Waals surface area contributed by atoms with E-state index in [-0.39, 0.29) is 29.9 Å². The first-order chi connectivity index (χ1) is 11.0. The van der Waals surface area contributed by atoms with Crippen molar-refractivity contribution < 1.29 is 4.79 Å². The Hall–Kier alpha value is -1.80. The summed E-state index contributed by atoms with van der Waals surface area (Å²) in [5.41, 5.74) is 8.41. The molecule has 0 unspecified atom stereocenters. The van der Waals surface area contributed by atoms with Gasteiger partial charge in [-0.1, -0.05) is 29.3 Å². The van der Waals surface area contributed by atoms with E-state index in [1.54, 1.807) is 24.3 Å². The molecular formula is C17H20ClIN4O. The maximum Gasteiger partial charge on any atom is 0.251 e. The molecular weight excluding hydrogens is 439 g/mol. The summed E-state index contributed by atoms with van der Waals surface area (Å²) in [6, 6.07) is 14.5. The van der Waals surface area contributed by atoms with Crippen molar-refractivity contribution in [2.45, 2.75) is 6.92 Å². The Morgan fingerprint density at radius 2 is 1.75 bits per heavy atom. The van der Waals surface area contributed by atoms with Crippen molar-refractivity contribution in [2.24, 2.45) is 10.7 Å². The summed E-state index contributed by atoms with van der Waals surface area (Å²) in [4.78, 5) is 16.0. The first kappa shape index (κ1) is 20.2. The summed E-state index contributed by atoms with van der Waals surface area (Å²) < 4.78 is 0. The van der Waals surface area contributed by atoms with Gasteiger partial charge in [0.05, 0.1) is 6.54 Å². The molecule has 24 heavy (non-hydrogen) atoms. The van der Waals surface area contributed by atoms with Gasteiger partial charge in [0.15, 0.2) is 5.96 Å². The number of halogens is 2. The van der Waals surface area contributed by atoms with E-state index in [2.05, 4.69) is 15.6 Å². The van der Waals surface area contributed by atoms with Crippen LogP contribution < -0.4 is 16.4 Å². The minimum atomic E-state index is -0.165. The maximum atomic E-state index is 11.9. The predicted molar refractivity (Wildman–Crippen MR) is 110 cm³/mol. The van der Waals surface area contributed by atoms with Gasteiger partial charge in [-0.05, 0) is 43.3 Å². The Morgan fingerprint density at radius 1 is 1.12 bits per heavy atom. The number of guanidine groups is 1. The van der Waals surface area contributed by atoms with Gasteiger partial charge in [-0.2, -0.15) is 0 Å². The number of hydrogen-bond acceptors (Lipinski definition) is 2. The van der Waals surface area contributed by atoms with Crippen LogP contribution in [-0.4, -0.2) is 25.0 Å². The van der Waals surface area contributed by atoms with Crippen LogP contribution in [0.4, 0.5) is 5.69 Å². The lowest BCUT2D eigenvalue weighted by atomic mass is 10.2. The number of carbonyl (C=O) groups excluding carboxylic acids is 1. The Labute approximate surface area is 163 Å². The fourth-order valence-electron chi connectivity index (χ4n) is 1.87. The summed E-state index contributed by atoms with van der Waals surface area (Å²) >= 11 is 5.78. The van der Waals surface area contributed by atoms with Crippen molar-refractivity contribution in [3.63, 3.8) is 0 Å². The molecule has 0 spiro atoms. The van der Waals surface area contributed by atoms with E-state index in [0.29, 0.717) is 29.6 Å². The fraction of sp³-hybridized carbons (Fsp3) is 0.176. The molecule has 0 aliphatic heterocycles. The number of nitrogens with zero attached hydrogens (tertiary/aromatic N) is 1. The van der Waals surface area contributed by atoms with Gasteiger partial charge >= 0.3 is 0 Å². The van der Waals surface area contributed by atoms with Crippen LogP contribution in [0.2, 0.25) is 5.02 Å². The molecule has 2 aromatic rings. The molecule has 7 heteroatoms. The number of rotatable bonds is 5. The molecule has 0 saturated heterocycles. The third-order valence-electron chi connectivity index (χ3n) is 3.11. The third-order valence-corrected chi connectivity index (χ3v) is 3.36. The number of carbonyl (C=O) groups is 1. The molecule has 0 radical (unpaired) electrons. The quantitative estimate of drug-likeness (QED) is 0.278. The van der Waals surface area contributed by atoms with Crippen molar-refractivity contribution in [3.05, 3.63) is 64.7 Å². The number of hydrogen-bond donors (Lipinski definition) is 3. The molecule has 0 aromatic heterocycles. The fourth-order valence-corrected chi connectivity index (χ4v) is 2.00. The number of benzene rings is 2. The molecule has 2 aromatic carbocycles. The summed E-state index contributed by atoms with van der Waals surface area (Å²) in [7, 11) is 0. The van der Waals surface area contributed by atoms with Crippen molar-refractivity contribution in [3.8, 4) is 0 Å². The highest BCUT2D eigenvalue weighted by Crippen LogP contribution is 2.09. The van der Waals surface area contributed by atoms with Crippen LogP contribution in [-0.2, 0) is 0 Å². The second-order valence-electron chi connectivity index (χ2n) is 5.02. The zero-order valence-corrected chi connectivity index (χ0v) is 16.3. The monoisotopic (exact) mass is 458 g/mol. The summed E-state index contributed by atoms with van der Waals surface area (Å²) in [6.07, 6.45) is 0. The van der Waals surface area contributed by atoms with E-state index >= 15 is 0 Å². The maximum absolute atomic E-state index is 11.9. The van der Waals surface area contributed by atoms with E-state index in [1.165, 1.54) is 5.56 Å². The van der Waals surface area contributed by atoms with Crippen molar-refractivity contribution in [1.29, 1.82) is 0 Å². The number of anilines is 1. The predicted octanol–water partition coefficient (Wildman–Crippen LogP) is 3.42. The Bertz CT molecular complexity index is 687. The van der Waals surface area contributed by atoms with Crippen molar-refractivity contribution in [1.82, 2.24) is 5.32 Å². The molecule has 0 aliphatic rings. The van der Waals surface area contributed by atoms with Gasteiger partial charge in [0.1, 0.15) is 0 Å². The van der Waals surface area contributed by atoms with Gasteiger partial charge in [0.25, 0.3) is 5.91 Å². The first-order valence-corrected chi connectivity index (χ1v) is 7.60. The van der Waals surface area contributed by atoms with Crippen molar-refractivity contribution >= 4 is 53.1 Å². The number of amides is 1. The van der Waals surface area contributed by atoms with Gasteiger partial charge < -0.3 is 16.4 Å². The molecule has 0 heterocycles. The average Bonchev–Trinajstić information content (AvgIpc) is 2.54. The topological polar surface area (TPSA) is 79.5 Å². The average molecular weight is 459 g/mol. The molecule has 1 amide bonds. The van der Waals surface area contributed by atoms with Crippen LogP contribution in [0.3, 0.4) is 0 Å². The molecule has 2 rings (SSSR count). The molecule has 0 atom stereocenters. The largest absolute Gasteiger partial charge is 0.370 e. The van der Waals surface area contributed by atoms with E-state index in [0.717, 1.165) is 5.69 Å². The lowest BCUT2D eigenvalue weighted by Crippen LogP contribution is -2.28. The zero-order valence-electron chi connectivity index (χ0n) is 13.3. The number of nitrogens with two attached hydrogens (primary N) is 1. The van der Waals surface area contributed by atoms with Gasteiger partial charge in [0.2, 0.25) is 0 Å². The van der Waals surface area contributed by atoms with Gasteiger partial charge in [-0.3, -0.25) is 9.79 Å². The lowest BCUT2D eigenvalue weighted by molar-refractivity contribution is 0.0955. The van der Waals surface area contributed by atoms with Crippen LogP contribution in [0.5, 0.6) is 0 Å². The number of nitrogens with one attached hydrogen (secondary N) is 2. The second-order valence-corrected chi connectivity index (χ2v) is 5.46. The SMILES string of the molecule is Cc1ccc(NC(N)=NCCNC(=O)c2ccc(Cl)cc2)cc1.I. The van der Waals surface area contributed by atoms with Gasteiger partial charge in [0, 0.05) is 22.8 Å². The Morgan fingerprint density at radius 3 is 2.38 bits per heavy atom. The minimum Gasteiger partial charge on any atom is -0.370 e. The van der Waals surface area contributed by atoms with Crippen LogP contribution in [0.1, 0.15) is 15.9 Å². The van der Waals surface area contributed by atoms with Crippen LogP contribution in [0, 0.1) is 6.92 Å². The molecule has 5 nitrogen and oxygen atoms in total. The summed E-state index contributed by atoms with van der Waals surface area (Å²) in [6.45, 7) is 2.81. The van der Waals surface area contributed by atoms with Crippen LogP contribution in [0.25, 0.3) is 0 Å². The molecule has 0 aliphatic carbocycles. The van der Waals surface area contributed by atoms with Crippen LogP contribution in [0.15, 0.2) is 53.5 Å². The van der Waals surface area contributed by atoms with Gasteiger partial charge in [-0.15, -0.1) is 24.0 Å². The normalized spacial score (nSPS) is 10.7. The van der Waals surface area contributed by atoms with Gasteiger partial charge in [-0.25, -0.2) is 0 Å². The Balaban J connectivity index is 0.00000288. The molecule has 0 saturated carbocycles. The molecule has 4 N–H and O–H groups in total. The smallest absolute Gasteiger partial charge is 0.251 e. The van der Waals surface area contributed by atoms with E-state index < -0.39 is 0 Å².